The van der Waals surface area contributed by atoms with Gasteiger partial charge in [-0.05, 0) is 43.7 Å². The van der Waals surface area contributed by atoms with E-state index in [9.17, 15) is 14.4 Å². The van der Waals surface area contributed by atoms with Gasteiger partial charge in [0.25, 0.3) is 0 Å². The molecule has 1 aliphatic carbocycles. The van der Waals surface area contributed by atoms with Crippen LogP contribution in [0.5, 0.6) is 0 Å². The van der Waals surface area contributed by atoms with Crippen molar-refractivity contribution in [1.29, 1.82) is 0 Å². The van der Waals surface area contributed by atoms with Crippen molar-refractivity contribution in [3.8, 4) is 0 Å². The minimum absolute atomic E-state index is 0.0885. The second-order valence-corrected chi connectivity index (χ2v) is 10.2. The highest BCUT2D eigenvalue weighted by Gasteiger charge is 2.40. The third-order valence-electron chi connectivity index (χ3n) is 7.30. The highest BCUT2D eigenvalue weighted by molar-refractivity contribution is 5.95. The van der Waals surface area contributed by atoms with Crippen LogP contribution >= 0.6 is 0 Å². The normalized spacial score (nSPS) is 23.5. The topological polar surface area (TPSA) is 82.2 Å². The number of hydrogen-bond acceptors (Lipinski definition) is 5. The molecule has 2 aliphatic heterocycles. The summed E-state index contributed by atoms with van der Waals surface area (Å²) in [6.45, 7) is 10.9. The SMILES string of the molecule is CCOC(=O)C1=C(CN2CCN(C(=O)C3CC3)C(C)C2)N(C)C(=O)NC1c1ccc(C(C)C)cc1. The van der Waals surface area contributed by atoms with E-state index in [-0.39, 0.29) is 30.5 Å². The first-order chi connectivity index (χ1) is 16.7. The molecule has 3 amide bonds. The molecule has 4 rings (SSSR count). The first kappa shape index (κ1) is 25.2. The van der Waals surface area contributed by atoms with Crippen LogP contribution in [0.2, 0.25) is 0 Å². The van der Waals surface area contributed by atoms with Crippen molar-refractivity contribution in [2.24, 2.45) is 5.92 Å². The van der Waals surface area contributed by atoms with Crippen LogP contribution in [0.4, 0.5) is 4.79 Å². The zero-order chi connectivity index (χ0) is 25.3. The maximum absolute atomic E-state index is 13.2. The second-order valence-electron chi connectivity index (χ2n) is 10.2. The lowest BCUT2D eigenvalue weighted by Gasteiger charge is -2.42. The van der Waals surface area contributed by atoms with Gasteiger partial charge < -0.3 is 15.0 Å². The molecular weight excluding hydrogens is 444 g/mol. The first-order valence-electron chi connectivity index (χ1n) is 12.8. The summed E-state index contributed by atoms with van der Waals surface area (Å²) in [6.07, 6.45) is 2.00. The summed E-state index contributed by atoms with van der Waals surface area (Å²) in [5.74, 6) is 0.447. The van der Waals surface area contributed by atoms with E-state index in [0.29, 0.717) is 43.4 Å². The van der Waals surface area contributed by atoms with Gasteiger partial charge in [-0.1, -0.05) is 38.1 Å². The van der Waals surface area contributed by atoms with E-state index < -0.39 is 12.0 Å². The Morgan fingerprint density at radius 1 is 1.14 bits per heavy atom. The van der Waals surface area contributed by atoms with Crippen LogP contribution < -0.4 is 5.32 Å². The molecule has 2 fully saturated rings. The summed E-state index contributed by atoms with van der Waals surface area (Å²) in [6, 6.07) is 7.31. The highest BCUT2D eigenvalue weighted by atomic mass is 16.5. The molecular formula is C27H38N4O4. The molecule has 2 heterocycles. The lowest BCUT2D eigenvalue weighted by Crippen LogP contribution is -2.56. The minimum atomic E-state index is -0.580. The number of nitrogens with zero attached hydrogens (tertiary/aromatic N) is 3. The van der Waals surface area contributed by atoms with Crippen molar-refractivity contribution < 1.29 is 19.1 Å². The Kier molecular flexibility index (Phi) is 7.50. The Morgan fingerprint density at radius 2 is 1.83 bits per heavy atom. The van der Waals surface area contributed by atoms with Gasteiger partial charge in [-0.25, -0.2) is 9.59 Å². The molecule has 0 aromatic heterocycles. The van der Waals surface area contributed by atoms with Gasteiger partial charge in [-0.2, -0.15) is 0 Å². The Hall–Kier alpha value is -2.87. The van der Waals surface area contributed by atoms with Crippen LogP contribution in [0, 0.1) is 5.92 Å². The van der Waals surface area contributed by atoms with E-state index in [4.69, 9.17) is 4.74 Å². The predicted octanol–water partition coefficient (Wildman–Crippen LogP) is 3.27. The fourth-order valence-electron chi connectivity index (χ4n) is 5.00. The van der Waals surface area contributed by atoms with E-state index in [2.05, 4.69) is 31.0 Å². The Labute approximate surface area is 208 Å². The third kappa shape index (κ3) is 5.37. The van der Waals surface area contributed by atoms with Crippen LogP contribution in [0.1, 0.15) is 63.6 Å². The minimum Gasteiger partial charge on any atom is -0.463 e. The fraction of sp³-hybridized carbons (Fsp3) is 0.593. The molecule has 3 aliphatic rings. The number of hydrogen-bond donors (Lipinski definition) is 1. The predicted molar refractivity (Wildman–Crippen MR) is 134 cm³/mol. The van der Waals surface area contributed by atoms with E-state index in [0.717, 1.165) is 18.4 Å². The van der Waals surface area contributed by atoms with Crippen LogP contribution in [0.15, 0.2) is 35.5 Å². The summed E-state index contributed by atoms with van der Waals surface area (Å²) in [4.78, 5) is 44.6. The Bertz CT molecular complexity index is 999. The fourth-order valence-corrected chi connectivity index (χ4v) is 5.00. The standard InChI is InChI=1S/C27H38N4O4/c1-6-35-26(33)23-22(16-30-13-14-31(18(4)15-30)25(32)21-11-12-21)29(5)27(34)28-24(23)20-9-7-19(8-10-20)17(2)3/h7-10,17-18,21,24H,6,11-16H2,1-5H3,(H,28,34). The summed E-state index contributed by atoms with van der Waals surface area (Å²) in [5.41, 5.74) is 3.17. The van der Waals surface area contributed by atoms with Crippen LogP contribution in [0.3, 0.4) is 0 Å². The van der Waals surface area contributed by atoms with Gasteiger partial charge in [-0.15, -0.1) is 0 Å². The van der Waals surface area contributed by atoms with Gasteiger partial charge in [0.05, 0.1) is 18.2 Å². The molecule has 0 bridgehead atoms. The van der Waals surface area contributed by atoms with E-state index in [1.54, 1.807) is 14.0 Å². The van der Waals surface area contributed by atoms with Crippen molar-refractivity contribution in [3.05, 3.63) is 46.7 Å². The lowest BCUT2D eigenvalue weighted by molar-refractivity contribution is -0.139. The number of carbonyl (C=O) groups is 3. The molecule has 1 saturated carbocycles. The molecule has 8 heteroatoms. The van der Waals surface area contributed by atoms with Crippen molar-refractivity contribution in [2.75, 3.05) is 39.8 Å². The van der Waals surface area contributed by atoms with Crippen LogP contribution in [0.25, 0.3) is 0 Å². The Morgan fingerprint density at radius 3 is 2.40 bits per heavy atom. The van der Waals surface area contributed by atoms with Gasteiger partial charge in [0, 0.05) is 50.9 Å². The van der Waals surface area contributed by atoms with E-state index >= 15 is 0 Å². The maximum atomic E-state index is 13.2. The zero-order valence-corrected chi connectivity index (χ0v) is 21.5. The average molecular weight is 483 g/mol. The molecule has 190 valence electrons. The van der Waals surface area contributed by atoms with Crippen molar-refractivity contribution in [2.45, 2.75) is 58.5 Å². The number of ether oxygens (including phenoxy) is 1. The van der Waals surface area contributed by atoms with Gasteiger partial charge >= 0.3 is 12.0 Å². The monoisotopic (exact) mass is 482 g/mol. The largest absolute Gasteiger partial charge is 0.463 e. The van der Waals surface area contributed by atoms with Crippen molar-refractivity contribution in [3.63, 3.8) is 0 Å². The number of piperazine rings is 1. The van der Waals surface area contributed by atoms with Gasteiger partial charge in [0.1, 0.15) is 0 Å². The molecule has 2 atom stereocenters. The Balaban J connectivity index is 1.62. The molecule has 0 spiro atoms. The molecule has 0 radical (unpaired) electrons. The van der Waals surface area contributed by atoms with Crippen LogP contribution in [-0.4, -0.2) is 78.5 Å². The lowest BCUT2D eigenvalue weighted by atomic mass is 9.92. The van der Waals surface area contributed by atoms with Gasteiger partial charge in [0.2, 0.25) is 5.91 Å². The quantitative estimate of drug-likeness (QED) is 0.604. The van der Waals surface area contributed by atoms with Gasteiger partial charge in [-0.3, -0.25) is 14.6 Å². The third-order valence-corrected chi connectivity index (χ3v) is 7.30. The average Bonchev–Trinajstić information content (AvgIpc) is 3.67. The second kappa shape index (κ2) is 10.4. The molecule has 2 unspecified atom stereocenters. The number of rotatable bonds is 7. The number of carbonyl (C=O) groups excluding carboxylic acids is 3. The summed E-state index contributed by atoms with van der Waals surface area (Å²) >= 11 is 0. The highest BCUT2D eigenvalue weighted by Crippen LogP contribution is 2.34. The van der Waals surface area contributed by atoms with Gasteiger partial charge in [0.15, 0.2) is 0 Å². The summed E-state index contributed by atoms with van der Waals surface area (Å²) < 4.78 is 5.45. The maximum Gasteiger partial charge on any atom is 0.338 e. The zero-order valence-electron chi connectivity index (χ0n) is 21.5. The number of likely N-dealkylation sites (N-methyl/N-ethyl adjacent to an activating group) is 1. The van der Waals surface area contributed by atoms with E-state index in [1.807, 2.05) is 29.2 Å². The number of benzene rings is 1. The molecule has 1 saturated heterocycles. The van der Waals surface area contributed by atoms with Crippen LogP contribution in [-0.2, 0) is 14.3 Å². The summed E-state index contributed by atoms with van der Waals surface area (Å²) in [7, 11) is 1.69. The number of amides is 3. The molecule has 1 aromatic rings. The number of esters is 1. The van der Waals surface area contributed by atoms with E-state index in [1.165, 1.54) is 10.5 Å². The molecule has 1 N–H and O–H groups in total. The smallest absolute Gasteiger partial charge is 0.338 e. The molecule has 1 aromatic carbocycles. The molecule has 8 nitrogen and oxygen atoms in total. The first-order valence-corrected chi connectivity index (χ1v) is 12.8. The van der Waals surface area contributed by atoms with Crippen molar-refractivity contribution in [1.82, 2.24) is 20.0 Å². The summed E-state index contributed by atoms with van der Waals surface area (Å²) in [5, 5.41) is 2.99. The number of nitrogens with one attached hydrogen (secondary N) is 1. The molecule has 35 heavy (non-hydrogen) atoms. The number of urea groups is 1. The van der Waals surface area contributed by atoms with Crippen molar-refractivity contribution >= 4 is 17.9 Å².